The molecule has 3 atom stereocenters. The smallest absolute Gasteiger partial charge is 0.0702 e. The molecule has 0 amide bonds. The molecular formula is C14H29NO2. The Kier molecular flexibility index (Phi) is 7.09. The third kappa shape index (κ3) is 4.57. The van der Waals surface area contributed by atoms with Crippen LogP contribution in [-0.4, -0.2) is 48.0 Å². The molecule has 0 radical (unpaired) electrons. The normalized spacial score (nSPS) is 24.2. The van der Waals surface area contributed by atoms with Gasteiger partial charge in [0.1, 0.15) is 0 Å². The van der Waals surface area contributed by atoms with Gasteiger partial charge in [0.15, 0.2) is 0 Å². The van der Waals surface area contributed by atoms with Crippen LogP contribution in [0.25, 0.3) is 0 Å². The van der Waals surface area contributed by atoms with Crippen LogP contribution in [0, 0.1) is 0 Å². The molecule has 1 heterocycles. The van der Waals surface area contributed by atoms with Gasteiger partial charge in [0, 0.05) is 19.2 Å². The van der Waals surface area contributed by atoms with Gasteiger partial charge in [-0.05, 0) is 32.2 Å². The molecular weight excluding hydrogens is 214 g/mol. The average molecular weight is 243 g/mol. The Morgan fingerprint density at radius 2 is 2.12 bits per heavy atom. The van der Waals surface area contributed by atoms with E-state index >= 15 is 0 Å². The van der Waals surface area contributed by atoms with Gasteiger partial charge in [-0.1, -0.05) is 27.2 Å². The van der Waals surface area contributed by atoms with E-state index < -0.39 is 0 Å². The summed E-state index contributed by atoms with van der Waals surface area (Å²) in [4.78, 5) is 2.40. The number of ether oxygens (including phenoxy) is 1. The van der Waals surface area contributed by atoms with E-state index in [2.05, 4.69) is 25.7 Å². The van der Waals surface area contributed by atoms with Gasteiger partial charge < -0.3 is 9.84 Å². The zero-order valence-electron chi connectivity index (χ0n) is 11.7. The largest absolute Gasteiger partial charge is 0.391 e. The van der Waals surface area contributed by atoms with Gasteiger partial charge in [0.25, 0.3) is 0 Å². The van der Waals surface area contributed by atoms with E-state index in [-0.39, 0.29) is 6.10 Å². The Bertz CT molecular complexity index is 193. The number of hydrogen-bond acceptors (Lipinski definition) is 3. The molecule has 102 valence electrons. The van der Waals surface area contributed by atoms with Gasteiger partial charge in [-0.2, -0.15) is 0 Å². The first-order valence-corrected chi connectivity index (χ1v) is 7.26. The summed E-state index contributed by atoms with van der Waals surface area (Å²) in [6.45, 7) is 9.37. The summed E-state index contributed by atoms with van der Waals surface area (Å²) in [7, 11) is 0. The molecule has 0 aromatic carbocycles. The lowest BCUT2D eigenvalue weighted by atomic mass is 10.0. The second kappa shape index (κ2) is 8.06. The Morgan fingerprint density at radius 1 is 1.35 bits per heavy atom. The summed E-state index contributed by atoms with van der Waals surface area (Å²) in [6, 6.07) is 0.296. The summed E-state index contributed by atoms with van der Waals surface area (Å²) in [6.07, 6.45) is 5.54. The van der Waals surface area contributed by atoms with Gasteiger partial charge in [-0.3, -0.25) is 4.90 Å². The molecule has 3 unspecified atom stereocenters. The molecule has 0 aromatic heterocycles. The highest BCUT2D eigenvalue weighted by Crippen LogP contribution is 2.18. The molecule has 1 aliphatic rings. The molecule has 0 saturated carbocycles. The second-order valence-electron chi connectivity index (χ2n) is 5.05. The number of nitrogens with zero attached hydrogens (tertiary/aromatic N) is 1. The number of hydrogen-bond donors (Lipinski definition) is 1. The lowest BCUT2D eigenvalue weighted by Gasteiger charge is -2.35. The van der Waals surface area contributed by atoms with Crippen LogP contribution in [0.5, 0.6) is 0 Å². The van der Waals surface area contributed by atoms with Crippen LogP contribution in [0.3, 0.4) is 0 Å². The van der Waals surface area contributed by atoms with Gasteiger partial charge >= 0.3 is 0 Å². The minimum atomic E-state index is -0.189. The van der Waals surface area contributed by atoms with Gasteiger partial charge in [0.05, 0.1) is 12.2 Å². The minimum absolute atomic E-state index is 0.189. The highest BCUT2D eigenvalue weighted by atomic mass is 16.5. The fourth-order valence-electron chi connectivity index (χ4n) is 2.81. The van der Waals surface area contributed by atoms with Crippen molar-refractivity contribution in [2.45, 2.75) is 71.1 Å². The summed E-state index contributed by atoms with van der Waals surface area (Å²) in [5.74, 6) is 0. The highest BCUT2D eigenvalue weighted by Gasteiger charge is 2.26. The first-order valence-electron chi connectivity index (χ1n) is 7.26. The third-order valence-electron chi connectivity index (χ3n) is 3.78. The minimum Gasteiger partial charge on any atom is -0.391 e. The molecule has 0 aliphatic carbocycles. The van der Waals surface area contributed by atoms with Crippen LogP contribution < -0.4 is 0 Å². The molecule has 1 N–H and O–H groups in total. The number of likely N-dealkylation sites (N-methyl/N-ethyl adjacent to an activating group) is 1. The lowest BCUT2D eigenvalue weighted by Crippen LogP contribution is -2.46. The Balaban J connectivity index is 2.48. The van der Waals surface area contributed by atoms with Crippen molar-refractivity contribution < 1.29 is 9.84 Å². The molecule has 0 aromatic rings. The zero-order valence-corrected chi connectivity index (χ0v) is 11.7. The molecule has 3 heteroatoms. The van der Waals surface area contributed by atoms with Crippen molar-refractivity contribution in [3.63, 3.8) is 0 Å². The summed E-state index contributed by atoms with van der Waals surface area (Å²) < 4.78 is 5.70. The monoisotopic (exact) mass is 243 g/mol. The molecule has 1 rings (SSSR count). The van der Waals surface area contributed by atoms with Crippen molar-refractivity contribution in [3.05, 3.63) is 0 Å². The zero-order chi connectivity index (χ0) is 12.7. The quantitative estimate of drug-likeness (QED) is 0.710. The standard InChI is InChI=1S/C14H29NO2/c1-4-8-14(16)13(5-2)15(6-3)11-12-9-7-10-17-12/h12-14,16H,4-11H2,1-3H3. The third-order valence-corrected chi connectivity index (χ3v) is 3.78. The van der Waals surface area contributed by atoms with E-state index in [4.69, 9.17) is 4.74 Å². The van der Waals surface area contributed by atoms with Crippen molar-refractivity contribution in [2.75, 3.05) is 19.7 Å². The maximum atomic E-state index is 10.2. The predicted molar refractivity (Wildman–Crippen MR) is 71.2 cm³/mol. The molecule has 17 heavy (non-hydrogen) atoms. The van der Waals surface area contributed by atoms with Crippen molar-refractivity contribution in [3.8, 4) is 0 Å². The van der Waals surface area contributed by atoms with Crippen molar-refractivity contribution in [1.29, 1.82) is 0 Å². The second-order valence-corrected chi connectivity index (χ2v) is 5.05. The van der Waals surface area contributed by atoms with Crippen LogP contribution in [-0.2, 0) is 4.74 Å². The Hall–Kier alpha value is -0.120. The van der Waals surface area contributed by atoms with Gasteiger partial charge in [-0.15, -0.1) is 0 Å². The van der Waals surface area contributed by atoms with E-state index in [1.165, 1.54) is 12.8 Å². The van der Waals surface area contributed by atoms with Crippen LogP contribution >= 0.6 is 0 Å². The van der Waals surface area contributed by atoms with E-state index in [1.54, 1.807) is 0 Å². The maximum Gasteiger partial charge on any atom is 0.0702 e. The Labute approximate surface area is 106 Å². The van der Waals surface area contributed by atoms with Crippen LogP contribution in [0.4, 0.5) is 0 Å². The number of aliphatic hydroxyl groups is 1. The van der Waals surface area contributed by atoms with Crippen molar-refractivity contribution >= 4 is 0 Å². The number of aliphatic hydroxyl groups excluding tert-OH is 1. The van der Waals surface area contributed by atoms with Crippen LogP contribution in [0.1, 0.15) is 52.9 Å². The molecule has 0 spiro atoms. The maximum absolute atomic E-state index is 10.2. The van der Waals surface area contributed by atoms with Crippen LogP contribution in [0.15, 0.2) is 0 Å². The fourth-order valence-corrected chi connectivity index (χ4v) is 2.81. The van der Waals surface area contributed by atoms with E-state index in [0.29, 0.717) is 12.1 Å². The first kappa shape index (κ1) is 14.9. The Morgan fingerprint density at radius 3 is 2.59 bits per heavy atom. The van der Waals surface area contributed by atoms with Crippen LogP contribution in [0.2, 0.25) is 0 Å². The average Bonchev–Trinajstić information content (AvgIpc) is 2.81. The molecule has 1 fully saturated rings. The summed E-state index contributed by atoms with van der Waals surface area (Å²) >= 11 is 0. The molecule has 3 nitrogen and oxygen atoms in total. The molecule has 1 saturated heterocycles. The van der Waals surface area contributed by atoms with Gasteiger partial charge in [-0.25, -0.2) is 0 Å². The summed E-state index contributed by atoms with van der Waals surface area (Å²) in [5.41, 5.74) is 0. The lowest BCUT2D eigenvalue weighted by molar-refractivity contribution is 0.00841. The van der Waals surface area contributed by atoms with Crippen molar-refractivity contribution in [1.82, 2.24) is 4.90 Å². The van der Waals surface area contributed by atoms with Gasteiger partial charge in [0.2, 0.25) is 0 Å². The highest BCUT2D eigenvalue weighted by molar-refractivity contribution is 4.80. The van der Waals surface area contributed by atoms with E-state index in [1.807, 2.05) is 0 Å². The first-order chi connectivity index (χ1) is 8.22. The van der Waals surface area contributed by atoms with Crippen molar-refractivity contribution in [2.24, 2.45) is 0 Å². The SMILES string of the molecule is CCCC(O)C(CC)N(CC)CC1CCCO1. The molecule has 0 bridgehead atoms. The van der Waals surface area contributed by atoms with E-state index in [9.17, 15) is 5.11 Å². The number of rotatable bonds is 8. The predicted octanol–water partition coefficient (Wildman–Crippen LogP) is 2.43. The van der Waals surface area contributed by atoms with E-state index in [0.717, 1.165) is 39.0 Å². The molecule has 1 aliphatic heterocycles. The topological polar surface area (TPSA) is 32.7 Å². The fraction of sp³-hybridized carbons (Fsp3) is 1.00. The summed E-state index contributed by atoms with van der Waals surface area (Å²) in [5, 5.41) is 10.2.